The van der Waals surface area contributed by atoms with Crippen molar-refractivity contribution in [3.8, 4) is 0 Å². The van der Waals surface area contributed by atoms with E-state index in [1.807, 2.05) is 0 Å². The van der Waals surface area contributed by atoms with Crippen molar-refractivity contribution in [1.82, 2.24) is 0 Å². The second-order valence-electron chi connectivity index (χ2n) is 2.84. The Kier molecular flexibility index (Phi) is 9.83. The van der Waals surface area contributed by atoms with Gasteiger partial charge in [-0.3, -0.25) is 4.18 Å². The minimum absolute atomic E-state index is 0. The standard InChI is InChI=1S/C6H12O9S.Na/c7-1-3(9)5(11)6(4(10)2-8)15-16(12,13)14;/h1,3-6,8-11H,2H2,(H,12,13,14);/q;+1/p-1/t3-,4+,5+,6-;/m0./s1. The Bertz CT molecular complexity index is 317. The Labute approximate surface area is 119 Å². The molecule has 0 aliphatic heterocycles. The smallest absolute Gasteiger partial charge is 0.726 e. The average Bonchev–Trinajstić information content (AvgIpc) is 2.21. The monoisotopic (exact) mass is 282 g/mol. The summed E-state index contributed by atoms with van der Waals surface area (Å²) in [6.07, 6.45) is -8.46. The van der Waals surface area contributed by atoms with Gasteiger partial charge in [0.25, 0.3) is 0 Å². The van der Waals surface area contributed by atoms with E-state index >= 15 is 0 Å². The molecule has 0 aromatic rings. The van der Waals surface area contributed by atoms with Crippen LogP contribution in [0.2, 0.25) is 0 Å². The molecule has 0 bridgehead atoms. The first-order valence-electron chi connectivity index (χ1n) is 3.97. The summed E-state index contributed by atoms with van der Waals surface area (Å²) in [6.45, 7) is -1.04. The Hall–Kier alpha value is 0.380. The van der Waals surface area contributed by atoms with Crippen molar-refractivity contribution < 1.29 is 71.9 Å². The van der Waals surface area contributed by atoms with Crippen LogP contribution < -0.4 is 29.6 Å². The summed E-state index contributed by atoms with van der Waals surface area (Å²) in [5.74, 6) is 0. The summed E-state index contributed by atoms with van der Waals surface area (Å²) in [6, 6.07) is 0. The molecule has 0 aromatic heterocycles. The maximum Gasteiger partial charge on any atom is 1.00 e. The summed E-state index contributed by atoms with van der Waals surface area (Å²) < 4.78 is 34.4. The number of rotatable bonds is 7. The molecular formula is C6H11NaO9S. The van der Waals surface area contributed by atoms with Gasteiger partial charge in [-0.2, -0.15) is 0 Å². The van der Waals surface area contributed by atoms with Gasteiger partial charge in [0.05, 0.1) is 6.61 Å². The first kappa shape index (κ1) is 19.7. The SMILES string of the molecule is O=C[C@H](O)[C@@H](O)[C@@H](OS(=O)(=O)[O-])[C@H](O)CO.[Na+]. The number of hydrogen-bond acceptors (Lipinski definition) is 9. The Morgan fingerprint density at radius 2 is 1.76 bits per heavy atom. The topological polar surface area (TPSA) is 164 Å². The van der Waals surface area contributed by atoms with Crippen molar-refractivity contribution in [2.75, 3.05) is 6.61 Å². The molecule has 17 heavy (non-hydrogen) atoms. The van der Waals surface area contributed by atoms with E-state index < -0.39 is 41.4 Å². The normalized spacial score (nSPS) is 18.6. The van der Waals surface area contributed by atoms with Crippen molar-refractivity contribution in [2.45, 2.75) is 24.4 Å². The number of aliphatic hydroxyl groups excluding tert-OH is 4. The van der Waals surface area contributed by atoms with Crippen LogP contribution in [-0.2, 0) is 19.4 Å². The molecule has 96 valence electrons. The molecule has 0 aromatic carbocycles. The van der Waals surface area contributed by atoms with Crippen molar-refractivity contribution in [2.24, 2.45) is 0 Å². The second-order valence-corrected chi connectivity index (χ2v) is 3.85. The summed E-state index contributed by atoms with van der Waals surface area (Å²) in [5, 5.41) is 35.5. The molecule has 4 N–H and O–H groups in total. The van der Waals surface area contributed by atoms with Crippen LogP contribution in [-0.4, -0.2) is 70.7 Å². The van der Waals surface area contributed by atoms with Crippen LogP contribution in [0, 0.1) is 0 Å². The van der Waals surface area contributed by atoms with E-state index in [1.165, 1.54) is 0 Å². The van der Waals surface area contributed by atoms with Gasteiger partial charge >= 0.3 is 29.6 Å². The largest absolute Gasteiger partial charge is 1.00 e. The molecule has 0 saturated carbocycles. The van der Waals surface area contributed by atoms with Crippen molar-refractivity contribution in [3.05, 3.63) is 0 Å². The average molecular weight is 282 g/mol. The van der Waals surface area contributed by atoms with Crippen LogP contribution >= 0.6 is 0 Å². The third-order valence-corrected chi connectivity index (χ3v) is 2.08. The van der Waals surface area contributed by atoms with Crippen LogP contribution in [0.4, 0.5) is 0 Å². The number of hydrogen-bond donors (Lipinski definition) is 4. The van der Waals surface area contributed by atoms with E-state index in [0.717, 1.165) is 0 Å². The second kappa shape index (κ2) is 8.48. The van der Waals surface area contributed by atoms with E-state index in [0.29, 0.717) is 0 Å². The summed E-state index contributed by atoms with van der Waals surface area (Å²) in [5.41, 5.74) is 0. The number of aldehydes is 1. The molecule has 0 aliphatic rings. The van der Waals surface area contributed by atoms with Crippen LogP contribution in [0.1, 0.15) is 0 Å². The fourth-order valence-electron chi connectivity index (χ4n) is 0.863. The van der Waals surface area contributed by atoms with Gasteiger partial charge in [-0.1, -0.05) is 0 Å². The molecule has 0 saturated heterocycles. The molecular weight excluding hydrogens is 271 g/mol. The van der Waals surface area contributed by atoms with E-state index in [9.17, 15) is 17.8 Å². The zero-order valence-electron chi connectivity index (χ0n) is 8.83. The minimum atomic E-state index is -5.27. The Morgan fingerprint density at radius 1 is 1.29 bits per heavy atom. The van der Waals surface area contributed by atoms with Crippen LogP contribution in [0.5, 0.6) is 0 Å². The molecule has 11 heteroatoms. The summed E-state index contributed by atoms with van der Waals surface area (Å²) in [4.78, 5) is 10.1. The predicted octanol–water partition coefficient (Wildman–Crippen LogP) is -6.89. The first-order chi connectivity index (χ1) is 7.22. The molecule has 0 fully saturated rings. The Balaban J connectivity index is 0. The van der Waals surface area contributed by atoms with E-state index in [4.69, 9.17) is 20.4 Å². The fourth-order valence-corrected chi connectivity index (χ4v) is 1.38. The first-order valence-corrected chi connectivity index (χ1v) is 5.30. The molecule has 0 amide bonds. The van der Waals surface area contributed by atoms with Gasteiger partial charge in [-0.15, -0.1) is 0 Å². The van der Waals surface area contributed by atoms with Crippen LogP contribution in [0.25, 0.3) is 0 Å². The maximum absolute atomic E-state index is 10.2. The maximum atomic E-state index is 10.2. The fraction of sp³-hybridized carbons (Fsp3) is 0.833. The van der Waals surface area contributed by atoms with E-state index in [-0.39, 0.29) is 35.8 Å². The Morgan fingerprint density at radius 3 is 2.06 bits per heavy atom. The van der Waals surface area contributed by atoms with Gasteiger partial charge in [0.15, 0.2) is 6.29 Å². The van der Waals surface area contributed by atoms with Gasteiger partial charge in [-0.25, -0.2) is 8.42 Å². The van der Waals surface area contributed by atoms with Crippen molar-refractivity contribution >= 4 is 16.7 Å². The molecule has 0 unspecified atom stereocenters. The van der Waals surface area contributed by atoms with Crippen LogP contribution in [0.3, 0.4) is 0 Å². The van der Waals surface area contributed by atoms with Crippen molar-refractivity contribution in [1.29, 1.82) is 0 Å². The van der Waals surface area contributed by atoms with Gasteiger partial charge in [0.1, 0.15) is 24.4 Å². The van der Waals surface area contributed by atoms with Gasteiger partial charge in [-0.05, 0) is 0 Å². The molecule has 0 spiro atoms. The molecule has 4 atom stereocenters. The zero-order valence-corrected chi connectivity index (χ0v) is 11.6. The number of carbonyl (C=O) groups is 1. The minimum Gasteiger partial charge on any atom is -0.726 e. The quantitative estimate of drug-likeness (QED) is 0.154. The molecule has 0 rings (SSSR count). The molecule has 0 radical (unpaired) electrons. The molecule has 0 aliphatic carbocycles. The summed E-state index contributed by atoms with van der Waals surface area (Å²) >= 11 is 0. The number of aliphatic hydroxyl groups is 4. The van der Waals surface area contributed by atoms with Crippen molar-refractivity contribution in [3.63, 3.8) is 0 Å². The third-order valence-electron chi connectivity index (χ3n) is 1.62. The zero-order chi connectivity index (χ0) is 12.9. The molecule has 0 heterocycles. The van der Waals surface area contributed by atoms with E-state index in [2.05, 4.69) is 4.18 Å². The molecule has 9 nitrogen and oxygen atoms in total. The van der Waals surface area contributed by atoms with Gasteiger partial charge in [0.2, 0.25) is 10.4 Å². The van der Waals surface area contributed by atoms with Crippen LogP contribution in [0.15, 0.2) is 0 Å². The van der Waals surface area contributed by atoms with Gasteiger partial charge < -0.3 is 29.8 Å². The summed E-state index contributed by atoms with van der Waals surface area (Å²) in [7, 11) is -5.27. The third kappa shape index (κ3) is 7.41. The van der Waals surface area contributed by atoms with Gasteiger partial charge in [0, 0.05) is 0 Å². The van der Waals surface area contributed by atoms with E-state index in [1.54, 1.807) is 0 Å². The number of carbonyl (C=O) groups excluding carboxylic acids is 1. The predicted molar refractivity (Wildman–Crippen MR) is 45.7 cm³/mol.